The third kappa shape index (κ3) is 9.04. The lowest BCUT2D eigenvalue weighted by atomic mass is 10.1. The SMILES string of the molecule is CC(Oc1ccc(Nc2ccc(C(F)(F)F)cc2[N+](=O)[O-])cc1)C(=O)OCC[N+](C)(C)C.[I-]. The molecule has 0 heterocycles. The monoisotopic (exact) mass is 583 g/mol. The van der Waals surface area contributed by atoms with E-state index in [1.165, 1.54) is 24.3 Å². The van der Waals surface area contributed by atoms with Crippen LogP contribution in [-0.4, -0.2) is 55.8 Å². The molecule has 182 valence electrons. The van der Waals surface area contributed by atoms with Crippen molar-refractivity contribution in [3.05, 3.63) is 58.1 Å². The molecule has 0 amide bonds. The molecular weight excluding hydrogens is 558 g/mol. The van der Waals surface area contributed by atoms with Crippen molar-refractivity contribution < 1.29 is 60.8 Å². The van der Waals surface area contributed by atoms with Crippen molar-refractivity contribution in [3.8, 4) is 5.75 Å². The third-order valence-corrected chi connectivity index (χ3v) is 4.31. The number of alkyl halides is 3. The zero-order valence-electron chi connectivity index (χ0n) is 18.5. The van der Waals surface area contributed by atoms with Gasteiger partial charge in [0.1, 0.15) is 24.6 Å². The molecule has 0 spiro atoms. The highest BCUT2D eigenvalue weighted by atomic mass is 127. The molecule has 0 bridgehead atoms. The van der Waals surface area contributed by atoms with E-state index in [1.807, 2.05) is 21.1 Å². The maximum absolute atomic E-state index is 12.8. The largest absolute Gasteiger partial charge is 1.00 e. The summed E-state index contributed by atoms with van der Waals surface area (Å²) in [6, 6.07) is 8.32. The molecule has 0 aromatic heterocycles. The number of hydrogen-bond acceptors (Lipinski definition) is 6. The van der Waals surface area contributed by atoms with Gasteiger partial charge in [-0.3, -0.25) is 10.1 Å². The van der Waals surface area contributed by atoms with Gasteiger partial charge in [0.05, 0.1) is 31.6 Å². The summed E-state index contributed by atoms with van der Waals surface area (Å²) in [7, 11) is 5.92. The molecule has 2 rings (SSSR count). The molecular formula is C21H25F3IN3O5. The fourth-order valence-corrected chi connectivity index (χ4v) is 2.53. The second kappa shape index (κ2) is 11.5. The average molecular weight is 583 g/mol. The molecule has 0 aliphatic rings. The van der Waals surface area contributed by atoms with Crippen molar-refractivity contribution in [3.63, 3.8) is 0 Å². The number of halogens is 4. The Hall–Kier alpha value is -2.61. The number of rotatable bonds is 9. The Labute approximate surface area is 206 Å². The molecule has 0 saturated heterocycles. The number of nitro groups is 1. The van der Waals surface area contributed by atoms with Gasteiger partial charge < -0.3 is 43.3 Å². The molecule has 0 aliphatic heterocycles. The minimum Gasteiger partial charge on any atom is -1.00 e. The molecule has 0 saturated carbocycles. The van der Waals surface area contributed by atoms with Crippen molar-refractivity contribution in [2.24, 2.45) is 0 Å². The van der Waals surface area contributed by atoms with E-state index in [0.29, 0.717) is 28.5 Å². The van der Waals surface area contributed by atoms with Gasteiger partial charge in [0.2, 0.25) is 0 Å². The lowest BCUT2D eigenvalue weighted by Crippen LogP contribution is -3.00. The highest BCUT2D eigenvalue weighted by Crippen LogP contribution is 2.36. The van der Waals surface area contributed by atoms with Gasteiger partial charge in [-0.2, -0.15) is 13.2 Å². The van der Waals surface area contributed by atoms with Crippen LogP contribution in [0.5, 0.6) is 5.75 Å². The molecule has 2 aromatic carbocycles. The highest BCUT2D eigenvalue weighted by molar-refractivity contribution is 5.75. The first-order valence-electron chi connectivity index (χ1n) is 9.63. The van der Waals surface area contributed by atoms with E-state index in [1.54, 1.807) is 6.92 Å². The van der Waals surface area contributed by atoms with Crippen LogP contribution < -0.4 is 34.0 Å². The Morgan fingerprint density at radius 2 is 1.76 bits per heavy atom. The summed E-state index contributed by atoms with van der Waals surface area (Å²) in [5.41, 5.74) is -1.52. The van der Waals surface area contributed by atoms with Crippen LogP contribution >= 0.6 is 0 Å². The lowest BCUT2D eigenvalue weighted by molar-refractivity contribution is -0.870. The first kappa shape index (κ1) is 28.4. The van der Waals surface area contributed by atoms with E-state index >= 15 is 0 Å². The van der Waals surface area contributed by atoms with Crippen molar-refractivity contribution in [2.45, 2.75) is 19.2 Å². The van der Waals surface area contributed by atoms with Gasteiger partial charge in [0, 0.05) is 11.8 Å². The van der Waals surface area contributed by atoms with Crippen LogP contribution in [0.4, 0.5) is 30.2 Å². The molecule has 12 heteroatoms. The minimum absolute atomic E-state index is 0. The van der Waals surface area contributed by atoms with E-state index in [9.17, 15) is 28.1 Å². The Kier molecular flexibility index (Phi) is 9.90. The fraction of sp³-hybridized carbons (Fsp3) is 0.381. The smallest absolute Gasteiger partial charge is 0.416 e. The topological polar surface area (TPSA) is 90.7 Å². The van der Waals surface area contributed by atoms with Gasteiger partial charge in [0.25, 0.3) is 5.69 Å². The molecule has 2 aromatic rings. The summed E-state index contributed by atoms with van der Waals surface area (Å²) in [6.07, 6.45) is -5.54. The van der Waals surface area contributed by atoms with Gasteiger partial charge in [-0.15, -0.1) is 0 Å². The number of anilines is 2. The molecule has 33 heavy (non-hydrogen) atoms. The molecule has 1 unspecified atom stereocenters. The Balaban J connectivity index is 0.00000544. The number of nitrogens with one attached hydrogen (secondary N) is 1. The Bertz CT molecular complexity index is 963. The van der Waals surface area contributed by atoms with Gasteiger partial charge in [0.15, 0.2) is 6.10 Å². The van der Waals surface area contributed by atoms with Gasteiger partial charge >= 0.3 is 12.1 Å². The lowest BCUT2D eigenvalue weighted by Gasteiger charge is -2.23. The van der Waals surface area contributed by atoms with Crippen molar-refractivity contribution >= 4 is 23.0 Å². The van der Waals surface area contributed by atoms with Crippen LogP contribution in [0.2, 0.25) is 0 Å². The number of carbonyl (C=O) groups is 1. The summed E-state index contributed by atoms with van der Waals surface area (Å²) in [6.45, 7) is 2.45. The second-order valence-corrected chi connectivity index (χ2v) is 8.08. The van der Waals surface area contributed by atoms with E-state index < -0.39 is 34.4 Å². The van der Waals surface area contributed by atoms with E-state index in [4.69, 9.17) is 9.47 Å². The minimum atomic E-state index is -4.69. The summed E-state index contributed by atoms with van der Waals surface area (Å²) in [5.74, 6) is -0.158. The van der Waals surface area contributed by atoms with Crippen LogP contribution in [0.15, 0.2) is 42.5 Å². The summed E-state index contributed by atoms with van der Waals surface area (Å²) >= 11 is 0. The summed E-state index contributed by atoms with van der Waals surface area (Å²) in [4.78, 5) is 22.3. The van der Waals surface area contributed by atoms with Crippen molar-refractivity contribution in [2.75, 3.05) is 39.6 Å². The number of benzene rings is 2. The number of nitrogens with zero attached hydrogens (tertiary/aromatic N) is 2. The number of carbonyl (C=O) groups excluding carboxylic acids is 1. The molecule has 1 N–H and O–H groups in total. The van der Waals surface area contributed by atoms with E-state index in [-0.39, 0.29) is 36.3 Å². The zero-order chi connectivity index (χ0) is 24.1. The summed E-state index contributed by atoms with van der Waals surface area (Å²) in [5, 5.41) is 13.9. The highest BCUT2D eigenvalue weighted by Gasteiger charge is 2.33. The normalized spacial score (nSPS) is 12.3. The first-order chi connectivity index (χ1) is 14.8. The van der Waals surface area contributed by atoms with Crippen LogP contribution in [0.1, 0.15) is 12.5 Å². The summed E-state index contributed by atoms with van der Waals surface area (Å²) < 4.78 is 49.8. The fourth-order valence-electron chi connectivity index (χ4n) is 2.53. The third-order valence-electron chi connectivity index (χ3n) is 4.31. The van der Waals surface area contributed by atoms with Crippen molar-refractivity contribution in [1.29, 1.82) is 0 Å². The van der Waals surface area contributed by atoms with Gasteiger partial charge in [-0.05, 0) is 43.3 Å². The van der Waals surface area contributed by atoms with Gasteiger partial charge in [-0.1, -0.05) is 0 Å². The predicted molar refractivity (Wildman–Crippen MR) is 112 cm³/mol. The van der Waals surface area contributed by atoms with E-state index in [2.05, 4.69) is 5.32 Å². The predicted octanol–water partition coefficient (Wildman–Crippen LogP) is 1.38. The molecule has 1 atom stereocenters. The molecule has 8 nitrogen and oxygen atoms in total. The molecule has 0 fully saturated rings. The van der Waals surface area contributed by atoms with Crippen LogP contribution in [0.25, 0.3) is 0 Å². The van der Waals surface area contributed by atoms with Crippen LogP contribution in [-0.2, 0) is 15.7 Å². The number of nitro benzene ring substituents is 1. The van der Waals surface area contributed by atoms with E-state index in [0.717, 1.165) is 12.1 Å². The maximum Gasteiger partial charge on any atom is 0.416 e. The second-order valence-electron chi connectivity index (χ2n) is 8.08. The Morgan fingerprint density at radius 1 is 1.15 bits per heavy atom. The van der Waals surface area contributed by atoms with Crippen LogP contribution in [0.3, 0.4) is 0 Å². The number of hydrogen-bond donors (Lipinski definition) is 1. The number of esters is 1. The number of ether oxygens (including phenoxy) is 2. The molecule has 0 radical (unpaired) electrons. The number of quaternary nitrogens is 1. The first-order valence-corrected chi connectivity index (χ1v) is 9.63. The standard InChI is InChI=1S/C21H25F3N3O5.HI/c1-14(20(28)31-12-11-27(2,3)4)32-17-8-6-16(7-9-17)25-18-10-5-15(21(22,23)24)13-19(18)26(29)30;/h5-10,13-14,25H,11-12H2,1-4H3;1H/q+1;/p-1. The zero-order valence-corrected chi connectivity index (χ0v) is 20.6. The van der Waals surface area contributed by atoms with Crippen LogP contribution in [0, 0.1) is 10.1 Å². The van der Waals surface area contributed by atoms with Crippen molar-refractivity contribution in [1.82, 2.24) is 0 Å². The average Bonchev–Trinajstić information content (AvgIpc) is 2.67. The Morgan fingerprint density at radius 3 is 2.27 bits per heavy atom. The quantitative estimate of drug-likeness (QED) is 0.158. The maximum atomic E-state index is 12.8. The molecule has 0 aliphatic carbocycles. The number of likely N-dealkylation sites (N-methyl/N-ethyl adjacent to an activating group) is 1. The van der Waals surface area contributed by atoms with Gasteiger partial charge in [-0.25, -0.2) is 4.79 Å².